The monoisotopic (exact) mass is 412 g/mol. The number of aliphatic imine (C=N–C) groups is 1. The Hall–Kier alpha value is -0.990. The Morgan fingerprint density at radius 1 is 1.31 bits per heavy atom. The highest BCUT2D eigenvalue weighted by molar-refractivity contribution is 8.39. The Balaban J connectivity index is 1.80. The van der Waals surface area contributed by atoms with Crippen molar-refractivity contribution >= 4 is 56.1 Å². The molecule has 1 unspecified atom stereocenters. The molecule has 1 N–H and O–H groups in total. The van der Waals surface area contributed by atoms with Crippen molar-refractivity contribution in [1.82, 2.24) is 0 Å². The maximum absolute atomic E-state index is 12.8. The molecule has 142 valence electrons. The van der Waals surface area contributed by atoms with Crippen LogP contribution in [0.4, 0.5) is 5.00 Å². The molecular formula is C18H24N2O3S3. The van der Waals surface area contributed by atoms with Crippen LogP contribution in [-0.4, -0.2) is 40.4 Å². The van der Waals surface area contributed by atoms with Crippen LogP contribution in [0.25, 0.3) is 0 Å². The number of carbonyl (C=O) groups excluding carboxylic acids is 2. The number of esters is 1. The Kier molecular flexibility index (Phi) is 7.05. The zero-order valence-corrected chi connectivity index (χ0v) is 17.6. The van der Waals surface area contributed by atoms with E-state index >= 15 is 0 Å². The summed E-state index contributed by atoms with van der Waals surface area (Å²) in [6.07, 6.45) is 4.79. The molecule has 0 radical (unpaired) electrons. The molecule has 1 aromatic heterocycles. The molecule has 0 saturated heterocycles. The summed E-state index contributed by atoms with van der Waals surface area (Å²) < 4.78 is 6.25. The van der Waals surface area contributed by atoms with E-state index in [0.717, 1.165) is 54.3 Å². The second-order valence-electron chi connectivity index (χ2n) is 6.14. The molecule has 1 amide bonds. The largest absolute Gasteiger partial charge is 0.462 e. The van der Waals surface area contributed by atoms with Crippen molar-refractivity contribution in [3.05, 3.63) is 16.0 Å². The van der Waals surface area contributed by atoms with Gasteiger partial charge in [-0.1, -0.05) is 30.4 Å². The number of anilines is 1. The fourth-order valence-corrected chi connectivity index (χ4v) is 6.53. The second kappa shape index (κ2) is 9.28. The van der Waals surface area contributed by atoms with E-state index in [9.17, 15) is 9.59 Å². The summed E-state index contributed by atoms with van der Waals surface area (Å²) in [7, 11) is 0. The Morgan fingerprint density at radius 2 is 2.12 bits per heavy atom. The summed E-state index contributed by atoms with van der Waals surface area (Å²) in [6, 6.07) is 0. The van der Waals surface area contributed by atoms with Crippen LogP contribution in [0.2, 0.25) is 0 Å². The standard InChI is InChI=1S/C18H24N2O3S3/c1-3-12(26-18-19-9-10-24-18)15(21)20-16-14(17(22)23-4-2)11-7-5-6-8-13(11)25-16/h12H,3-10H2,1-2H3,(H,20,21). The number of thioether (sulfide) groups is 2. The molecule has 1 aliphatic carbocycles. The third kappa shape index (κ3) is 4.46. The molecule has 0 spiro atoms. The molecule has 0 aromatic carbocycles. The highest BCUT2D eigenvalue weighted by Gasteiger charge is 2.29. The molecule has 1 aromatic rings. The summed E-state index contributed by atoms with van der Waals surface area (Å²) in [6.45, 7) is 4.97. The van der Waals surface area contributed by atoms with Gasteiger partial charge in [0.05, 0.1) is 24.0 Å². The van der Waals surface area contributed by atoms with Crippen molar-refractivity contribution < 1.29 is 14.3 Å². The number of rotatable bonds is 6. The number of nitrogens with one attached hydrogen (secondary N) is 1. The van der Waals surface area contributed by atoms with Gasteiger partial charge in [-0.05, 0) is 44.6 Å². The summed E-state index contributed by atoms with van der Waals surface area (Å²) in [5.74, 6) is 0.612. The summed E-state index contributed by atoms with van der Waals surface area (Å²) in [5, 5.41) is 3.48. The van der Waals surface area contributed by atoms with E-state index < -0.39 is 0 Å². The van der Waals surface area contributed by atoms with Crippen molar-refractivity contribution in [3.63, 3.8) is 0 Å². The number of hydrogen-bond donors (Lipinski definition) is 1. The fourth-order valence-electron chi connectivity index (χ4n) is 3.10. The minimum atomic E-state index is -0.321. The summed E-state index contributed by atoms with van der Waals surface area (Å²) in [4.78, 5) is 31.0. The number of fused-ring (bicyclic) bond motifs is 1. The predicted octanol–water partition coefficient (Wildman–Crippen LogP) is 4.36. The molecule has 1 atom stereocenters. The van der Waals surface area contributed by atoms with E-state index in [0.29, 0.717) is 17.2 Å². The molecule has 0 fully saturated rings. The number of thiophene rings is 1. The van der Waals surface area contributed by atoms with Crippen LogP contribution in [0, 0.1) is 0 Å². The molecule has 0 bridgehead atoms. The van der Waals surface area contributed by atoms with Crippen molar-refractivity contribution in [1.29, 1.82) is 0 Å². The molecule has 1 aliphatic heterocycles. The van der Waals surface area contributed by atoms with Gasteiger partial charge >= 0.3 is 5.97 Å². The third-order valence-electron chi connectivity index (χ3n) is 4.35. The van der Waals surface area contributed by atoms with Crippen LogP contribution in [0.15, 0.2) is 4.99 Å². The SMILES string of the molecule is CCOC(=O)c1c(NC(=O)C(CC)SC2=NCCS2)sc2c1CCCC2. The zero-order chi connectivity index (χ0) is 18.5. The van der Waals surface area contributed by atoms with Crippen molar-refractivity contribution in [3.8, 4) is 0 Å². The van der Waals surface area contributed by atoms with Gasteiger partial charge in [-0.3, -0.25) is 9.79 Å². The van der Waals surface area contributed by atoms with Gasteiger partial charge in [0.2, 0.25) is 5.91 Å². The van der Waals surface area contributed by atoms with Gasteiger partial charge in [0.1, 0.15) is 9.38 Å². The van der Waals surface area contributed by atoms with E-state index in [-0.39, 0.29) is 17.1 Å². The van der Waals surface area contributed by atoms with E-state index in [1.807, 2.05) is 6.92 Å². The third-order valence-corrected chi connectivity index (χ3v) is 8.13. The number of amides is 1. The van der Waals surface area contributed by atoms with Gasteiger partial charge in [0.25, 0.3) is 0 Å². The van der Waals surface area contributed by atoms with Gasteiger partial charge in [-0.25, -0.2) is 4.79 Å². The lowest BCUT2D eigenvalue weighted by atomic mass is 9.95. The quantitative estimate of drug-likeness (QED) is 0.703. The molecule has 5 nitrogen and oxygen atoms in total. The molecular weight excluding hydrogens is 388 g/mol. The van der Waals surface area contributed by atoms with Gasteiger partial charge in [0, 0.05) is 10.6 Å². The van der Waals surface area contributed by atoms with Crippen molar-refractivity contribution in [2.24, 2.45) is 4.99 Å². The second-order valence-corrected chi connectivity index (χ2v) is 9.77. The number of aryl methyl sites for hydroxylation is 1. The van der Waals surface area contributed by atoms with Crippen LogP contribution in [0.1, 0.15) is 53.9 Å². The van der Waals surface area contributed by atoms with Gasteiger partial charge < -0.3 is 10.1 Å². The number of hydrogen-bond acceptors (Lipinski definition) is 7. The lowest BCUT2D eigenvalue weighted by Crippen LogP contribution is -2.26. The highest BCUT2D eigenvalue weighted by Crippen LogP contribution is 2.39. The van der Waals surface area contributed by atoms with Crippen LogP contribution >= 0.6 is 34.9 Å². The maximum atomic E-state index is 12.8. The Morgan fingerprint density at radius 3 is 2.81 bits per heavy atom. The van der Waals surface area contributed by atoms with Crippen LogP contribution in [-0.2, 0) is 22.4 Å². The molecule has 2 aliphatic rings. The average molecular weight is 413 g/mol. The van der Waals surface area contributed by atoms with Crippen molar-refractivity contribution in [2.75, 3.05) is 24.2 Å². The smallest absolute Gasteiger partial charge is 0.341 e. The van der Waals surface area contributed by atoms with Crippen LogP contribution in [0.3, 0.4) is 0 Å². The van der Waals surface area contributed by atoms with E-state index in [1.165, 1.54) is 28.0 Å². The molecule has 26 heavy (non-hydrogen) atoms. The first-order valence-electron chi connectivity index (χ1n) is 9.10. The van der Waals surface area contributed by atoms with Crippen LogP contribution in [0.5, 0.6) is 0 Å². The van der Waals surface area contributed by atoms with Crippen molar-refractivity contribution in [2.45, 2.75) is 51.2 Å². The normalized spacial score (nSPS) is 17.4. The topological polar surface area (TPSA) is 67.8 Å². The zero-order valence-electron chi connectivity index (χ0n) is 15.1. The maximum Gasteiger partial charge on any atom is 0.341 e. The number of nitrogens with zero attached hydrogens (tertiary/aromatic N) is 1. The van der Waals surface area contributed by atoms with E-state index in [1.54, 1.807) is 18.7 Å². The number of ether oxygens (including phenoxy) is 1. The first-order valence-corrected chi connectivity index (χ1v) is 11.8. The first kappa shape index (κ1) is 19.8. The lowest BCUT2D eigenvalue weighted by Gasteiger charge is -2.15. The Labute approximate surface area is 166 Å². The first-order chi connectivity index (χ1) is 12.6. The molecule has 3 rings (SSSR count). The molecule has 2 heterocycles. The van der Waals surface area contributed by atoms with Gasteiger partial charge in [0.15, 0.2) is 0 Å². The lowest BCUT2D eigenvalue weighted by molar-refractivity contribution is -0.115. The minimum absolute atomic E-state index is 0.0585. The average Bonchev–Trinajstić information content (AvgIpc) is 3.26. The predicted molar refractivity (Wildman–Crippen MR) is 112 cm³/mol. The van der Waals surface area contributed by atoms with E-state index in [2.05, 4.69) is 10.3 Å². The fraction of sp³-hybridized carbons (Fsp3) is 0.611. The molecule has 8 heteroatoms. The highest BCUT2D eigenvalue weighted by atomic mass is 32.2. The van der Waals surface area contributed by atoms with Crippen LogP contribution < -0.4 is 5.32 Å². The molecule has 0 saturated carbocycles. The minimum Gasteiger partial charge on any atom is -0.462 e. The summed E-state index contributed by atoms with van der Waals surface area (Å²) in [5.41, 5.74) is 1.65. The Bertz CT molecular complexity index is 715. The number of carbonyl (C=O) groups is 2. The summed E-state index contributed by atoms with van der Waals surface area (Å²) >= 11 is 4.77. The van der Waals surface area contributed by atoms with E-state index in [4.69, 9.17) is 4.74 Å². The van der Waals surface area contributed by atoms with Gasteiger partial charge in [-0.2, -0.15) is 0 Å². The van der Waals surface area contributed by atoms with Gasteiger partial charge in [-0.15, -0.1) is 11.3 Å².